The van der Waals surface area contributed by atoms with Crippen LogP contribution in [0.15, 0.2) is 58.3 Å². The second-order valence-corrected chi connectivity index (χ2v) is 15.1. The molecule has 0 aromatic heterocycles. The summed E-state index contributed by atoms with van der Waals surface area (Å²) in [5.41, 5.74) is -0.547. The quantitative estimate of drug-likeness (QED) is 0.171. The van der Waals surface area contributed by atoms with Crippen molar-refractivity contribution in [2.24, 2.45) is 11.8 Å². The lowest BCUT2D eigenvalue weighted by Crippen LogP contribution is -2.48. The first-order valence-electron chi connectivity index (χ1n) is 15.1. The maximum atomic E-state index is 13.5. The second kappa shape index (κ2) is 16.4. The van der Waals surface area contributed by atoms with Crippen LogP contribution in [0, 0.1) is 11.8 Å². The van der Waals surface area contributed by atoms with Gasteiger partial charge in [-0.1, -0.05) is 86.4 Å². The van der Waals surface area contributed by atoms with Gasteiger partial charge in [0.1, 0.15) is 23.3 Å². The SMILES string of the molecule is CCC(C)[C@H](NC(=O)c1ccccc1SSc1ccccc1C(=O)N[C@H](C(=O)OC(C)(C)C)C(C)CC)C(=O)OC(C)(C)C. The van der Waals surface area contributed by atoms with Crippen molar-refractivity contribution in [3.63, 3.8) is 0 Å². The van der Waals surface area contributed by atoms with Crippen LogP contribution in [0.5, 0.6) is 0 Å². The minimum Gasteiger partial charge on any atom is -0.458 e. The van der Waals surface area contributed by atoms with Crippen LogP contribution in [0.4, 0.5) is 0 Å². The van der Waals surface area contributed by atoms with E-state index in [2.05, 4.69) is 10.6 Å². The lowest BCUT2D eigenvalue weighted by Gasteiger charge is -2.28. The Hall–Kier alpha value is -2.98. The van der Waals surface area contributed by atoms with E-state index in [9.17, 15) is 19.2 Å². The molecule has 0 aliphatic heterocycles. The van der Waals surface area contributed by atoms with Gasteiger partial charge in [0.05, 0.1) is 11.1 Å². The zero-order chi connectivity index (χ0) is 33.2. The zero-order valence-electron chi connectivity index (χ0n) is 27.6. The third kappa shape index (κ3) is 11.5. The highest BCUT2D eigenvalue weighted by atomic mass is 33.1. The molecule has 0 saturated heterocycles. The highest BCUT2D eigenvalue weighted by Crippen LogP contribution is 2.40. The maximum Gasteiger partial charge on any atom is 0.329 e. The standard InChI is InChI=1S/C34H48N2O6S2/c1-11-21(3)27(31(39)41-33(5,6)7)35-29(37)23-17-13-15-19-25(23)43-44-26-20-16-14-18-24(26)30(38)36-28(22(4)12-2)32(40)42-34(8,9)10/h13-22,27-28H,11-12H2,1-10H3,(H,35,37)(H,36,38)/t21?,22?,27-,28-/m0/s1. The Balaban J connectivity index is 2.26. The van der Waals surface area contributed by atoms with E-state index in [1.54, 1.807) is 65.8 Å². The van der Waals surface area contributed by atoms with Crippen molar-refractivity contribution in [2.75, 3.05) is 0 Å². The van der Waals surface area contributed by atoms with Crippen molar-refractivity contribution in [2.45, 2.75) is 115 Å². The van der Waals surface area contributed by atoms with Crippen molar-refractivity contribution in [3.05, 3.63) is 59.7 Å². The summed E-state index contributed by atoms with van der Waals surface area (Å²) >= 11 is 0. The molecule has 2 amide bonds. The van der Waals surface area contributed by atoms with Gasteiger partial charge in [-0.2, -0.15) is 0 Å². The largest absolute Gasteiger partial charge is 0.458 e. The van der Waals surface area contributed by atoms with E-state index in [4.69, 9.17) is 9.47 Å². The average molecular weight is 645 g/mol. The number of amides is 2. The van der Waals surface area contributed by atoms with Crippen molar-refractivity contribution >= 4 is 45.3 Å². The van der Waals surface area contributed by atoms with E-state index in [0.717, 1.165) is 0 Å². The maximum absolute atomic E-state index is 13.5. The summed E-state index contributed by atoms with van der Waals surface area (Å²) in [6.07, 6.45) is 1.36. The lowest BCUT2D eigenvalue weighted by molar-refractivity contribution is -0.159. The van der Waals surface area contributed by atoms with Gasteiger partial charge in [-0.05, 0) is 77.6 Å². The Morgan fingerprint density at radius 3 is 1.25 bits per heavy atom. The van der Waals surface area contributed by atoms with Crippen LogP contribution in [0.25, 0.3) is 0 Å². The van der Waals surface area contributed by atoms with Crippen LogP contribution in [-0.4, -0.2) is 47.0 Å². The summed E-state index contributed by atoms with van der Waals surface area (Å²) in [5.74, 6) is -1.97. The molecule has 0 heterocycles. The Labute approximate surface area is 270 Å². The van der Waals surface area contributed by atoms with Crippen LogP contribution in [0.2, 0.25) is 0 Å². The second-order valence-electron chi connectivity index (χ2n) is 12.9. The van der Waals surface area contributed by atoms with Gasteiger partial charge >= 0.3 is 11.9 Å². The van der Waals surface area contributed by atoms with E-state index in [1.165, 1.54) is 21.6 Å². The summed E-state index contributed by atoms with van der Waals surface area (Å²) in [6, 6.07) is 12.6. The summed E-state index contributed by atoms with van der Waals surface area (Å²) in [5, 5.41) is 5.79. The molecule has 0 bridgehead atoms. The molecule has 10 heteroatoms. The first kappa shape index (κ1) is 37.2. The smallest absolute Gasteiger partial charge is 0.329 e. The van der Waals surface area contributed by atoms with Gasteiger partial charge in [0.15, 0.2) is 0 Å². The molecule has 44 heavy (non-hydrogen) atoms. The predicted octanol–water partition coefficient (Wildman–Crippen LogP) is 7.46. The Morgan fingerprint density at radius 2 is 0.955 bits per heavy atom. The van der Waals surface area contributed by atoms with Crippen LogP contribution in [0.1, 0.15) is 103 Å². The molecule has 2 unspecified atom stereocenters. The van der Waals surface area contributed by atoms with Crippen LogP contribution < -0.4 is 10.6 Å². The zero-order valence-corrected chi connectivity index (χ0v) is 29.2. The molecule has 0 aliphatic rings. The first-order valence-corrected chi connectivity index (χ1v) is 17.2. The molecule has 4 atom stereocenters. The first-order chi connectivity index (χ1) is 20.5. The van der Waals surface area contributed by atoms with E-state index < -0.39 is 35.2 Å². The molecule has 0 aliphatic carbocycles. The monoisotopic (exact) mass is 644 g/mol. The topological polar surface area (TPSA) is 111 Å². The lowest BCUT2D eigenvalue weighted by atomic mass is 9.98. The highest BCUT2D eigenvalue weighted by Gasteiger charge is 2.33. The van der Waals surface area contributed by atoms with Crippen molar-refractivity contribution in [1.29, 1.82) is 0 Å². The molecule has 0 fully saturated rings. The number of hydrogen-bond donors (Lipinski definition) is 2. The van der Waals surface area contributed by atoms with Crippen LogP contribution >= 0.6 is 21.6 Å². The van der Waals surface area contributed by atoms with E-state index >= 15 is 0 Å². The van der Waals surface area contributed by atoms with Crippen molar-refractivity contribution in [3.8, 4) is 0 Å². The number of benzene rings is 2. The molecule has 2 aromatic rings. The Bertz CT molecular complexity index is 1200. The van der Waals surface area contributed by atoms with E-state index in [0.29, 0.717) is 33.8 Å². The fraction of sp³-hybridized carbons (Fsp3) is 0.529. The van der Waals surface area contributed by atoms with Gasteiger partial charge in [-0.3, -0.25) is 9.59 Å². The van der Waals surface area contributed by atoms with Gasteiger partial charge in [0.25, 0.3) is 11.8 Å². The van der Waals surface area contributed by atoms with Gasteiger partial charge in [-0.15, -0.1) is 0 Å². The third-order valence-electron chi connectivity index (χ3n) is 6.81. The van der Waals surface area contributed by atoms with Gasteiger partial charge in [0, 0.05) is 9.79 Å². The Morgan fingerprint density at radius 1 is 0.636 bits per heavy atom. The number of hydrogen-bond acceptors (Lipinski definition) is 8. The summed E-state index contributed by atoms with van der Waals surface area (Å²) in [6.45, 7) is 18.5. The number of carbonyl (C=O) groups excluding carboxylic acids is 4. The molecule has 2 N–H and O–H groups in total. The van der Waals surface area contributed by atoms with E-state index in [1.807, 2.05) is 52.0 Å². The fourth-order valence-electron chi connectivity index (χ4n) is 4.05. The molecule has 242 valence electrons. The number of carbonyl (C=O) groups is 4. The fourth-order valence-corrected chi connectivity index (χ4v) is 6.41. The molecular formula is C34H48N2O6S2. The van der Waals surface area contributed by atoms with Gasteiger partial charge in [-0.25, -0.2) is 9.59 Å². The van der Waals surface area contributed by atoms with Crippen LogP contribution in [-0.2, 0) is 19.1 Å². The van der Waals surface area contributed by atoms with E-state index in [-0.39, 0.29) is 23.7 Å². The minimum absolute atomic E-state index is 0.131. The summed E-state index contributed by atoms with van der Waals surface area (Å²) in [4.78, 5) is 54.2. The molecule has 0 radical (unpaired) electrons. The van der Waals surface area contributed by atoms with Crippen molar-refractivity contribution in [1.82, 2.24) is 10.6 Å². The molecular weight excluding hydrogens is 597 g/mol. The molecule has 2 aromatic carbocycles. The van der Waals surface area contributed by atoms with Crippen molar-refractivity contribution < 1.29 is 28.7 Å². The van der Waals surface area contributed by atoms with Gasteiger partial charge < -0.3 is 20.1 Å². The van der Waals surface area contributed by atoms with Crippen LogP contribution in [0.3, 0.4) is 0 Å². The molecule has 2 rings (SSSR count). The molecule has 8 nitrogen and oxygen atoms in total. The average Bonchev–Trinajstić information content (AvgIpc) is 2.94. The third-order valence-corrected chi connectivity index (χ3v) is 9.29. The summed E-state index contributed by atoms with van der Waals surface area (Å²) in [7, 11) is 2.66. The normalized spacial score (nSPS) is 14.5. The summed E-state index contributed by atoms with van der Waals surface area (Å²) < 4.78 is 11.2. The number of esters is 2. The predicted molar refractivity (Wildman–Crippen MR) is 178 cm³/mol. The molecule has 0 saturated carbocycles. The number of rotatable bonds is 13. The molecule has 0 spiro atoms. The highest BCUT2D eigenvalue weighted by molar-refractivity contribution is 8.76. The number of ether oxygens (including phenoxy) is 2. The number of nitrogens with one attached hydrogen (secondary N) is 2. The minimum atomic E-state index is -0.801. The Kier molecular flexibility index (Phi) is 13.8. The van der Waals surface area contributed by atoms with Gasteiger partial charge in [0.2, 0.25) is 0 Å².